The van der Waals surface area contributed by atoms with E-state index in [2.05, 4.69) is 10.2 Å². The minimum Gasteiger partial charge on any atom is -0.398 e. The van der Waals surface area contributed by atoms with E-state index in [9.17, 15) is 9.18 Å². The zero-order valence-corrected chi connectivity index (χ0v) is 12.2. The molecule has 19 heavy (non-hydrogen) atoms. The lowest BCUT2D eigenvalue weighted by Crippen LogP contribution is -2.14. The van der Waals surface area contributed by atoms with Gasteiger partial charge in [0, 0.05) is 5.69 Å². The Bertz CT molecular complexity index is 631. The van der Waals surface area contributed by atoms with Gasteiger partial charge < -0.3 is 11.5 Å². The van der Waals surface area contributed by atoms with Gasteiger partial charge >= 0.3 is 0 Å². The second-order valence-corrected chi connectivity index (χ2v) is 6.69. The van der Waals surface area contributed by atoms with E-state index in [1.165, 1.54) is 29.2 Å². The molecule has 0 fully saturated rings. The Balaban J connectivity index is 2.34. The molecular weight excluding hydrogens is 307 g/mol. The lowest BCUT2D eigenvalue weighted by atomic mass is 10.1. The summed E-state index contributed by atoms with van der Waals surface area (Å²) < 4.78 is 15.1. The highest BCUT2D eigenvalue weighted by molar-refractivity contribution is 8.03. The van der Waals surface area contributed by atoms with Gasteiger partial charge in [0.1, 0.15) is 5.82 Å². The van der Waals surface area contributed by atoms with Gasteiger partial charge in [-0.3, -0.25) is 4.79 Å². The lowest BCUT2D eigenvalue weighted by Gasteiger charge is -2.05. The number of benzene rings is 1. The van der Waals surface area contributed by atoms with Crippen LogP contribution in [0.1, 0.15) is 10.4 Å². The summed E-state index contributed by atoms with van der Waals surface area (Å²) in [5.74, 6) is -1.21. The van der Waals surface area contributed by atoms with Crippen LogP contribution in [0, 0.1) is 5.82 Å². The maximum atomic E-state index is 13.8. The first-order valence-corrected chi connectivity index (χ1v) is 7.81. The molecule has 2 rings (SSSR count). The second-order valence-electron chi connectivity index (χ2n) is 3.37. The molecule has 0 saturated carbocycles. The van der Waals surface area contributed by atoms with Crippen molar-refractivity contribution in [3.8, 4) is 0 Å². The van der Waals surface area contributed by atoms with Gasteiger partial charge in [-0.25, -0.2) is 4.39 Å². The highest BCUT2D eigenvalue weighted by Crippen LogP contribution is 2.35. The third-order valence-electron chi connectivity index (χ3n) is 2.13. The predicted octanol–water partition coefficient (Wildman–Crippen LogP) is 2.23. The number of nitrogens with two attached hydrogens (primary N) is 2. The first-order chi connectivity index (χ1) is 9.01. The van der Waals surface area contributed by atoms with E-state index in [1.807, 2.05) is 6.26 Å². The van der Waals surface area contributed by atoms with Crippen molar-refractivity contribution in [2.24, 2.45) is 5.73 Å². The molecule has 2 aromatic rings. The number of nitrogens with zero attached hydrogens (tertiary/aromatic N) is 2. The average molecular weight is 316 g/mol. The molecule has 1 amide bonds. The fourth-order valence-electron chi connectivity index (χ4n) is 1.28. The SMILES string of the molecule is CSc1nnc(Sc2cc(C(N)=O)c(N)cc2F)s1. The number of carbonyl (C=O) groups excluding carboxylic acids is 1. The van der Waals surface area contributed by atoms with Crippen LogP contribution in [0.4, 0.5) is 10.1 Å². The molecule has 1 aromatic heterocycles. The van der Waals surface area contributed by atoms with Crippen molar-refractivity contribution < 1.29 is 9.18 Å². The van der Waals surface area contributed by atoms with Gasteiger partial charge in [-0.15, -0.1) is 10.2 Å². The van der Waals surface area contributed by atoms with Gasteiger partial charge in [-0.1, -0.05) is 34.9 Å². The Kier molecular flexibility index (Phi) is 4.27. The van der Waals surface area contributed by atoms with E-state index in [0.717, 1.165) is 22.2 Å². The summed E-state index contributed by atoms with van der Waals surface area (Å²) in [5.41, 5.74) is 10.8. The fraction of sp³-hybridized carbons (Fsp3) is 0.100. The van der Waals surface area contributed by atoms with E-state index in [4.69, 9.17) is 11.5 Å². The lowest BCUT2D eigenvalue weighted by molar-refractivity contribution is 0.100. The van der Waals surface area contributed by atoms with Gasteiger partial charge in [0.2, 0.25) is 0 Å². The fourth-order valence-corrected chi connectivity index (χ4v) is 3.71. The molecule has 0 aliphatic rings. The molecule has 0 atom stereocenters. The van der Waals surface area contributed by atoms with Crippen molar-refractivity contribution in [1.29, 1.82) is 0 Å². The standard InChI is InChI=1S/C10H9FN4OS3/c1-17-9-14-15-10(19-9)18-7-2-4(8(13)16)6(12)3-5(7)11/h2-3H,12H2,1H3,(H2,13,16). The highest BCUT2D eigenvalue weighted by Gasteiger charge is 2.14. The maximum absolute atomic E-state index is 13.8. The second kappa shape index (κ2) is 5.76. The minimum atomic E-state index is -0.693. The van der Waals surface area contributed by atoms with Crippen LogP contribution in [-0.2, 0) is 0 Å². The Morgan fingerprint density at radius 1 is 1.37 bits per heavy atom. The van der Waals surface area contributed by atoms with Gasteiger partial charge in [0.25, 0.3) is 5.91 Å². The van der Waals surface area contributed by atoms with Crippen LogP contribution < -0.4 is 11.5 Å². The highest BCUT2D eigenvalue weighted by atomic mass is 32.2. The van der Waals surface area contributed by atoms with Crippen molar-refractivity contribution in [2.45, 2.75) is 13.6 Å². The summed E-state index contributed by atoms with van der Waals surface area (Å²) in [5, 5.41) is 7.82. The number of thioether (sulfide) groups is 1. The van der Waals surface area contributed by atoms with E-state index in [1.54, 1.807) is 0 Å². The van der Waals surface area contributed by atoms with Crippen molar-refractivity contribution in [3.63, 3.8) is 0 Å². The molecule has 1 heterocycles. The molecule has 0 radical (unpaired) electrons. The smallest absolute Gasteiger partial charge is 0.250 e. The molecule has 0 unspecified atom stereocenters. The van der Waals surface area contributed by atoms with E-state index in [0.29, 0.717) is 4.34 Å². The third-order valence-corrected chi connectivity index (χ3v) is 5.11. The van der Waals surface area contributed by atoms with Gasteiger partial charge in [0.15, 0.2) is 8.68 Å². The Labute approximate surface area is 121 Å². The number of hydrogen-bond donors (Lipinski definition) is 2. The van der Waals surface area contributed by atoms with Crippen molar-refractivity contribution >= 4 is 46.5 Å². The molecule has 9 heteroatoms. The number of nitrogen functional groups attached to an aromatic ring is 1. The number of primary amides is 1. The molecule has 0 aliphatic heterocycles. The Morgan fingerprint density at radius 2 is 2.05 bits per heavy atom. The van der Waals surface area contributed by atoms with Crippen LogP contribution in [0.2, 0.25) is 0 Å². The zero-order valence-electron chi connectivity index (χ0n) is 9.71. The molecule has 0 bridgehead atoms. The number of carbonyl (C=O) groups is 1. The maximum Gasteiger partial charge on any atom is 0.250 e. The minimum absolute atomic E-state index is 0.0245. The van der Waals surface area contributed by atoms with Crippen LogP contribution in [-0.4, -0.2) is 22.4 Å². The van der Waals surface area contributed by atoms with Crippen LogP contribution in [0.3, 0.4) is 0 Å². The van der Waals surface area contributed by atoms with Crippen LogP contribution in [0.25, 0.3) is 0 Å². The van der Waals surface area contributed by atoms with Crippen molar-refractivity contribution in [1.82, 2.24) is 10.2 Å². The van der Waals surface area contributed by atoms with Gasteiger partial charge in [0.05, 0.1) is 10.5 Å². The topological polar surface area (TPSA) is 94.9 Å². The zero-order chi connectivity index (χ0) is 14.0. The number of amides is 1. The summed E-state index contributed by atoms with van der Waals surface area (Å²) in [4.78, 5) is 11.4. The summed E-state index contributed by atoms with van der Waals surface area (Å²) in [6.07, 6.45) is 1.88. The van der Waals surface area contributed by atoms with Crippen LogP contribution >= 0.6 is 34.9 Å². The number of rotatable bonds is 4. The largest absolute Gasteiger partial charge is 0.398 e. The molecule has 0 saturated heterocycles. The van der Waals surface area contributed by atoms with Crippen molar-refractivity contribution in [3.05, 3.63) is 23.5 Å². The quantitative estimate of drug-likeness (QED) is 0.663. The van der Waals surface area contributed by atoms with Crippen LogP contribution in [0.15, 0.2) is 25.7 Å². The third kappa shape index (κ3) is 3.17. The molecule has 0 aliphatic carbocycles. The monoisotopic (exact) mass is 316 g/mol. The Morgan fingerprint density at radius 3 is 2.63 bits per heavy atom. The molecule has 4 N–H and O–H groups in total. The summed E-state index contributed by atoms with van der Waals surface area (Å²) in [6.45, 7) is 0. The van der Waals surface area contributed by atoms with Gasteiger partial charge in [-0.05, 0) is 18.4 Å². The number of halogens is 1. The summed E-state index contributed by atoms with van der Waals surface area (Å²) in [6, 6.07) is 2.41. The first-order valence-electron chi connectivity index (χ1n) is 4.95. The normalized spacial score (nSPS) is 10.6. The number of anilines is 1. The predicted molar refractivity (Wildman–Crippen MR) is 75.1 cm³/mol. The van der Waals surface area contributed by atoms with Crippen molar-refractivity contribution in [2.75, 3.05) is 12.0 Å². The molecular formula is C10H9FN4OS3. The molecule has 1 aromatic carbocycles. The molecule has 100 valence electrons. The summed E-state index contributed by atoms with van der Waals surface area (Å²) >= 11 is 3.89. The first kappa shape index (κ1) is 14.1. The molecule has 0 spiro atoms. The summed E-state index contributed by atoms with van der Waals surface area (Å²) in [7, 11) is 0. The average Bonchev–Trinajstić information content (AvgIpc) is 2.80. The number of aromatic nitrogens is 2. The van der Waals surface area contributed by atoms with E-state index in [-0.39, 0.29) is 16.1 Å². The number of hydrogen-bond acceptors (Lipinski definition) is 7. The Hall–Kier alpha value is -1.32. The molecule has 5 nitrogen and oxygen atoms in total. The van der Waals surface area contributed by atoms with E-state index < -0.39 is 11.7 Å². The van der Waals surface area contributed by atoms with E-state index >= 15 is 0 Å². The van der Waals surface area contributed by atoms with Gasteiger partial charge in [-0.2, -0.15) is 0 Å². The van der Waals surface area contributed by atoms with Crippen LogP contribution in [0.5, 0.6) is 0 Å².